The molecule has 9 heteroatoms. The van der Waals surface area contributed by atoms with Crippen molar-refractivity contribution in [2.75, 3.05) is 0 Å². The van der Waals surface area contributed by atoms with E-state index in [2.05, 4.69) is 4.98 Å². The molecule has 2 heterocycles. The van der Waals surface area contributed by atoms with Gasteiger partial charge in [0.2, 0.25) is 5.91 Å². The molecule has 30 heavy (non-hydrogen) atoms. The van der Waals surface area contributed by atoms with Crippen molar-refractivity contribution in [1.82, 2.24) is 9.55 Å². The van der Waals surface area contributed by atoms with Gasteiger partial charge in [-0.2, -0.15) is 0 Å². The number of aromatic amines is 1. The lowest BCUT2D eigenvalue weighted by molar-refractivity contribution is -0.121. The van der Waals surface area contributed by atoms with Gasteiger partial charge >= 0.3 is 5.69 Å². The number of phenolic OH excluding ortho intramolecular Hbond substituents is 1. The first-order valence-electron chi connectivity index (χ1n) is 9.89. The van der Waals surface area contributed by atoms with Crippen molar-refractivity contribution < 1.29 is 19.7 Å². The van der Waals surface area contributed by atoms with E-state index >= 15 is 0 Å². The molecular formula is C21H27N3O6. The van der Waals surface area contributed by atoms with E-state index in [0.717, 1.165) is 0 Å². The number of nitrogens with one attached hydrogen (secondary N) is 1. The number of aryl methyl sites for hydroxylation is 3. The number of carbonyl (C=O) groups excluding carboxylic acids is 1. The van der Waals surface area contributed by atoms with Crippen LogP contribution >= 0.6 is 0 Å². The van der Waals surface area contributed by atoms with Crippen molar-refractivity contribution in [1.29, 1.82) is 0 Å². The second-order valence-electron chi connectivity index (χ2n) is 7.79. The van der Waals surface area contributed by atoms with Gasteiger partial charge in [0.15, 0.2) is 0 Å². The molecule has 2 aromatic rings. The average Bonchev–Trinajstić information content (AvgIpc) is 3.00. The number of benzene rings is 1. The van der Waals surface area contributed by atoms with Crippen molar-refractivity contribution in [2.24, 2.45) is 5.73 Å². The Bertz CT molecular complexity index is 1050. The number of aromatic hydroxyl groups is 1. The van der Waals surface area contributed by atoms with Crippen LogP contribution in [0.15, 0.2) is 27.9 Å². The first kappa shape index (κ1) is 21.8. The van der Waals surface area contributed by atoms with Gasteiger partial charge < -0.3 is 20.7 Å². The zero-order chi connectivity index (χ0) is 22.2. The maximum absolute atomic E-state index is 12.2. The third-order valence-electron chi connectivity index (χ3n) is 5.68. The molecule has 0 bridgehead atoms. The van der Waals surface area contributed by atoms with Crippen LogP contribution in [-0.2, 0) is 16.0 Å². The molecule has 1 amide bonds. The van der Waals surface area contributed by atoms with Crippen LogP contribution in [0.2, 0.25) is 0 Å². The highest BCUT2D eigenvalue weighted by Gasteiger charge is 2.39. The molecule has 0 saturated carbocycles. The predicted molar refractivity (Wildman–Crippen MR) is 109 cm³/mol. The van der Waals surface area contributed by atoms with Crippen molar-refractivity contribution >= 4 is 5.91 Å². The van der Waals surface area contributed by atoms with Crippen LogP contribution < -0.4 is 17.0 Å². The minimum Gasteiger partial charge on any atom is -0.508 e. The van der Waals surface area contributed by atoms with Gasteiger partial charge in [-0.3, -0.25) is 19.1 Å². The van der Waals surface area contributed by atoms with Crippen molar-refractivity contribution in [3.63, 3.8) is 0 Å². The topological polar surface area (TPSA) is 148 Å². The molecule has 1 aromatic heterocycles. The molecule has 5 N–H and O–H groups in total. The molecule has 0 radical (unpaired) electrons. The number of ether oxygens (including phenoxy) is 1. The number of aliphatic hydroxyl groups is 1. The van der Waals surface area contributed by atoms with Gasteiger partial charge in [-0.25, -0.2) is 4.79 Å². The van der Waals surface area contributed by atoms with Crippen LogP contribution in [0.5, 0.6) is 5.75 Å². The fourth-order valence-corrected chi connectivity index (χ4v) is 4.20. The third kappa shape index (κ3) is 4.17. The van der Waals surface area contributed by atoms with Crippen LogP contribution in [-0.4, -0.2) is 37.9 Å². The van der Waals surface area contributed by atoms with Crippen molar-refractivity contribution in [2.45, 2.75) is 64.4 Å². The molecule has 2 unspecified atom stereocenters. The summed E-state index contributed by atoms with van der Waals surface area (Å²) in [7, 11) is 0. The second-order valence-corrected chi connectivity index (χ2v) is 7.79. The summed E-state index contributed by atoms with van der Waals surface area (Å²) in [5.74, 6) is -1.21. The minimum absolute atomic E-state index is 0.0957. The van der Waals surface area contributed by atoms with E-state index in [4.69, 9.17) is 10.5 Å². The lowest BCUT2D eigenvalue weighted by Gasteiger charge is -2.24. The zero-order valence-corrected chi connectivity index (χ0v) is 17.2. The van der Waals surface area contributed by atoms with E-state index in [1.807, 2.05) is 0 Å². The number of H-pyrrole nitrogens is 1. The molecule has 1 aliphatic heterocycles. The Morgan fingerprint density at radius 3 is 2.53 bits per heavy atom. The summed E-state index contributed by atoms with van der Waals surface area (Å²) in [5.41, 5.74) is 7.14. The summed E-state index contributed by atoms with van der Waals surface area (Å²) in [5, 5.41) is 20.3. The molecule has 4 atom stereocenters. The standard InChI is InChI=1S/C21H27N3O6/c1-4-12-9-24(21(29)23-20(12)28)17-8-15(26)16(30-17)7-14(19(22)27)18-10(2)5-13(25)6-11(18)3/h5-6,9,14-17,25-26H,4,7-8H2,1-3H3,(H2,22,27)(H,23,28,29)/t14?,15?,16-,17-/m0/s1. The second kappa shape index (κ2) is 8.45. The normalized spacial score (nSPS) is 22.2. The van der Waals surface area contributed by atoms with E-state index < -0.39 is 41.5 Å². The zero-order valence-electron chi connectivity index (χ0n) is 17.2. The maximum atomic E-state index is 12.2. The highest BCUT2D eigenvalue weighted by Crippen LogP contribution is 2.36. The number of hydrogen-bond donors (Lipinski definition) is 4. The van der Waals surface area contributed by atoms with Gasteiger partial charge in [0.1, 0.15) is 12.0 Å². The van der Waals surface area contributed by atoms with Crippen LogP contribution in [0.4, 0.5) is 0 Å². The van der Waals surface area contributed by atoms with E-state index in [1.54, 1.807) is 32.9 Å². The Labute approximate surface area is 173 Å². The van der Waals surface area contributed by atoms with Gasteiger partial charge in [0.25, 0.3) is 5.56 Å². The van der Waals surface area contributed by atoms with E-state index in [-0.39, 0.29) is 18.6 Å². The first-order chi connectivity index (χ1) is 14.1. The summed E-state index contributed by atoms with van der Waals surface area (Å²) < 4.78 is 7.18. The third-order valence-corrected chi connectivity index (χ3v) is 5.68. The molecule has 1 aliphatic rings. The largest absolute Gasteiger partial charge is 0.508 e. The predicted octanol–water partition coefficient (Wildman–Crippen LogP) is 0.729. The average molecular weight is 417 g/mol. The Kier molecular flexibility index (Phi) is 6.14. The molecule has 1 fully saturated rings. The number of aromatic nitrogens is 2. The fraction of sp³-hybridized carbons (Fsp3) is 0.476. The Hall–Kier alpha value is -2.91. The number of carbonyl (C=O) groups is 1. The number of nitrogens with two attached hydrogens (primary N) is 1. The van der Waals surface area contributed by atoms with Crippen LogP contribution in [0.3, 0.4) is 0 Å². The summed E-state index contributed by atoms with van der Waals surface area (Å²) in [6.45, 7) is 5.35. The highest BCUT2D eigenvalue weighted by atomic mass is 16.5. The minimum atomic E-state index is -0.918. The molecule has 9 nitrogen and oxygen atoms in total. The molecule has 0 aliphatic carbocycles. The van der Waals surface area contributed by atoms with Crippen LogP contribution in [0.25, 0.3) is 0 Å². The van der Waals surface area contributed by atoms with E-state index in [9.17, 15) is 24.6 Å². The monoisotopic (exact) mass is 417 g/mol. The van der Waals surface area contributed by atoms with Crippen LogP contribution in [0.1, 0.15) is 54.2 Å². The lowest BCUT2D eigenvalue weighted by atomic mass is 9.85. The molecule has 1 aromatic carbocycles. The van der Waals surface area contributed by atoms with E-state index in [0.29, 0.717) is 28.7 Å². The summed E-state index contributed by atoms with van der Waals surface area (Å²) in [4.78, 5) is 38.5. The van der Waals surface area contributed by atoms with Crippen molar-refractivity contribution in [3.05, 3.63) is 61.4 Å². The number of phenols is 1. The molecular weight excluding hydrogens is 390 g/mol. The Morgan fingerprint density at radius 2 is 1.97 bits per heavy atom. The lowest BCUT2D eigenvalue weighted by Crippen LogP contribution is -2.34. The number of rotatable bonds is 6. The van der Waals surface area contributed by atoms with Gasteiger partial charge in [-0.05, 0) is 55.5 Å². The van der Waals surface area contributed by atoms with Gasteiger partial charge in [-0.15, -0.1) is 0 Å². The molecule has 0 spiro atoms. The fourth-order valence-electron chi connectivity index (χ4n) is 4.20. The molecule has 1 saturated heterocycles. The summed E-state index contributed by atoms with van der Waals surface area (Å²) >= 11 is 0. The highest BCUT2D eigenvalue weighted by molar-refractivity contribution is 5.83. The SMILES string of the molecule is CCc1cn([C@@H]2CC(O)[C@H](CC(C(N)=O)c3c(C)cc(O)cc3C)O2)c(=O)[nH]c1=O. The maximum Gasteiger partial charge on any atom is 0.330 e. The van der Waals surface area contributed by atoms with Gasteiger partial charge in [0.05, 0.1) is 18.1 Å². The van der Waals surface area contributed by atoms with Crippen LogP contribution in [0, 0.1) is 13.8 Å². The summed E-state index contributed by atoms with van der Waals surface area (Å²) in [6, 6.07) is 3.11. The number of nitrogens with zero attached hydrogens (tertiary/aromatic N) is 1. The number of primary amides is 1. The quantitative estimate of drug-likeness (QED) is 0.545. The number of hydrogen-bond acceptors (Lipinski definition) is 6. The summed E-state index contributed by atoms with van der Waals surface area (Å²) in [6.07, 6.45) is -0.271. The molecule has 3 rings (SSSR count). The van der Waals surface area contributed by atoms with Gasteiger partial charge in [-0.1, -0.05) is 6.92 Å². The Morgan fingerprint density at radius 1 is 1.33 bits per heavy atom. The van der Waals surface area contributed by atoms with E-state index in [1.165, 1.54) is 10.8 Å². The number of amides is 1. The smallest absolute Gasteiger partial charge is 0.330 e. The van der Waals surface area contributed by atoms with Gasteiger partial charge in [0, 0.05) is 18.2 Å². The Balaban J connectivity index is 1.88. The number of aliphatic hydroxyl groups excluding tert-OH is 1. The first-order valence-corrected chi connectivity index (χ1v) is 9.89. The van der Waals surface area contributed by atoms with Crippen molar-refractivity contribution in [3.8, 4) is 5.75 Å². The molecule has 162 valence electrons.